The number of aromatic amines is 1. The fraction of sp³-hybridized carbons (Fsp3) is 0.429. The quantitative estimate of drug-likeness (QED) is 0.698. The lowest BCUT2D eigenvalue weighted by Gasteiger charge is -2.02. The SMILES string of the molecule is CCOC(=O)NCc1cn[nH]c1. The first-order valence-corrected chi connectivity index (χ1v) is 3.71. The number of nitrogens with zero attached hydrogens (tertiary/aromatic N) is 1. The Kier molecular flexibility index (Phi) is 3.13. The molecule has 0 saturated heterocycles. The molecule has 0 saturated carbocycles. The second-order valence-corrected chi connectivity index (χ2v) is 2.18. The fourth-order valence-corrected chi connectivity index (χ4v) is 0.731. The van der Waals surface area contributed by atoms with Crippen molar-refractivity contribution < 1.29 is 9.53 Å². The molecule has 1 aromatic heterocycles. The number of carbonyl (C=O) groups excluding carboxylic acids is 1. The first kappa shape index (κ1) is 8.58. The van der Waals surface area contributed by atoms with E-state index in [1.165, 1.54) is 0 Å². The van der Waals surface area contributed by atoms with E-state index >= 15 is 0 Å². The highest BCUT2D eigenvalue weighted by atomic mass is 16.5. The lowest BCUT2D eigenvalue weighted by molar-refractivity contribution is 0.151. The summed E-state index contributed by atoms with van der Waals surface area (Å²) in [4.78, 5) is 10.8. The molecule has 0 fully saturated rings. The van der Waals surface area contributed by atoms with Crippen LogP contribution in [0.25, 0.3) is 0 Å². The van der Waals surface area contributed by atoms with Crippen LogP contribution in [0.3, 0.4) is 0 Å². The highest BCUT2D eigenvalue weighted by Crippen LogP contribution is 1.91. The Hall–Kier alpha value is -1.52. The van der Waals surface area contributed by atoms with Crippen LogP contribution in [0.4, 0.5) is 4.79 Å². The standard InChI is InChI=1S/C7H11N3O2/c1-2-12-7(11)8-3-6-4-9-10-5-6/h4-5H,2-3H2,1H3,(H,8,11)(H,9,10). The summed E-state index contributed by atoms with van der Waals surface area (Å²) in [6.07, 6.45) is 2.96. The van der Waals surface area contributed by atoms with E-state index in [-0.39, 0.29) is 0 Å². The Morgan fingerprint density at radius 1 is 1.83 bits per heavy atom. The van der Waals surface area contributed by atoms with Gasteiger partial charge in [0.05, 0.1) is 12.8 Å². The van der Waals surface area contributed by atoms with Crippen LogP contribution in [0.15, 0.2) is 12.4 Å². The molecule has 0 bridgehead atoms. The van der Waals surface area contributed by atoms with Crippen LogP contribution in [0.5, 0.6) is 0 Å². The molecule has 5 heteroatoms. The van der Waals surface area contributed by atoms with Gasteiger partial charge in [-0.25, -0.2) is 4.79 Å². The topological polar surface area (TPSA) is 67.0 Å². The first-order chi connectivity index (χ1) is 5.83. The van der Waals surface area contributed by atoms with Crippen LogP contribution < -0.4 is 5.32 Å². The van der Waals surface area contributed by atoms with Crippen molar-refractivity contribution in [3.8, 4) is 0 Å². The summed E-state index contributed by atoms with van der Waals surface area (Å²) in [6.45, 7) is 2.59. The third kappa shape index (κ3) is 2.61. The van der Waals surface area contributed by atoms with E-state index in [2.05, 4.69) is 20.3 Å². The van der Waals surface area contributed by atoms with Gasteiger partial charge >= 0.3 is 6.09 Å². The molecule has 0 spiro atoms. The highest BCUT2D eigenvalue weighted by Gasteiger charge is 1.99. The number of hydrogen-bond acceptors (Lipinski definition) is 3. The van der Waals surface area contributed by atoms with E-state index in [9.17, 15) is 4.79 Å². The predicted octanol–water partition coefficient (Wildman–Crippen LogP) is 0.656. The molecule has 2 N–H and O–H groups in total. The number of alkyl carbamates (subject to hydrolysis) is 1. The van der Waals surface area contributed by atoms with Crippen molar-refractivity contribution in [2.24, 2.45) is 0 Å². The maximum absolute atomic E-state index is 10.8. The van der Waals surface area contributed by atoms with E-state index < -0.39 is 6.09 Å². The molecule has 0 radical (unpaired) electrons. The Morgan fingerprint density at radius 2 is 2.67 bits per heavy atom. The zero-order valence-corrected chi connectivity index (χ0v) is 6.83. The molecule has 0 aliphatic heterocycles. The lowest BCUT2D eigenvalue weighted by atomic mass is 10.4. The number of hydrogen-bond donors (Lipinski definition) is 2. The van der Waals surface area contributed by atoms with Gasteiger partial charge in [0, 0.05) is 18.3 Å². The lowest BCUT2D eigenvalue weighted by Crippen LogP contribution is -2.23. The van der Waals surface area contributed by atoms with Gasteiger partial charge < -0.3 is 10.1 Å². The maximum Gasteiger partial charge on any atom is 0.407 e. The highest BCUT2D eigenvalue weighted by molar-refractivity contribution is 5.67. The van der Waals surface area contributed by atoms with Gasteiger partial charge in [0.15, 0.2) is 0 Å². The number of carbonyl (C=O) groups is 1. The van der Waals surface area contributed by atoms with Crippen LogP contribution >= 0.6 is 0 Å². The second-order valence-electron chi connectivity index (χ2n) is 2.18. The Labute approximate surface area is 70.1 Å². The minimum absolute atomic E-state index is 0.386. The van der Waals surface area contributed by atoms with E-state index in [4.69, 9.17) is 0 Å². The summed E-state index contributed by atoms with van der Waals surface area (Å²) in [7, 11) is 0. The number of rotatable bonds is 3. The van der Waals surface area contributed by atoms with Gasteiger partial charge in [0.2, 0.25) is 0 Å². The van der Waals surface area contributed by atoms with E-state index in [0.717, 1.165) is 5.56 Å². The van der Waals surface area contributed by atoms with Gasteiger partial charge in [-0.1, -0.05) is 0 Å². The molecule has 0 aliphatic carbocycles. The van der Waals surface area contributed by atoms with E-state index in [1.54, 1.807) is 19.3 Å². The molecular formula is C7H11N3O2. The van der Waals surface area contributed by atoms with Crippen LogP contribution in [-0.2, 0) is 11.3 Å². The number of aromatic nitrogens is 2. The average Bonchev–Trinajstić information content (AvgIpc) is 2.53. The largest absolute Gasteiger partial charge is 0.450 e. The van der Waals surface area contributed by atoms with Gasteiger partial charge in [-0.05, 0) is 6.92 Å². The summed E-state index contributed by atoms with van der Waals surface area (Å²) in [5, 5.41) is 8.94. The minimum Gasteiger partial charge on any atom is -0.450 e. The molecule has 0 aliphatic rings. The van der Waals surface area contributed by atoms with Crippen LogP contribution in [0.2, 0.25) is 0 Å². The van der Waals surface area contributed by atoms with Gasteiger partial charge in [0.1, 0.15) is 0 Å². The van der Waals surface area contributed by atoms with Crippen LogP contribution in [-0.4, -0.2) is 22.9 Å². The summed E-state index contributed by atoms with van der Waals surface area (Å²) in [6, 6.07) is 0. The van der Waals surface area contributed by atoms with Crippen LogP contribution in [0, 0.1) is 0 Å². The van der Waals surface area contributed by atoms with Gasteiger partial charge in [-0.15, -0.1) is 0 Å². The van der Waals surface area contributed by atoms with E-state index in [0.29, 0.717) is 13.2 Å². The van der Waals surface area contributed by atoms with Crippen molar-refractivity contribution in [3.05, 3.63) is 18.0 Å². The molecule has 1 aromatic rings. The van der Waals surface area contributed by atoms with Crippen molar-refractivity contribution in [1.29, 1.82) is 0 Å². The van der Waals surface area contributed by atoms with Gasteiger partial charge in [-0.2, -0.15) is 5.10 Å². The molecule has 1 rings (SSSR count). The molecule has 66 valence electrons. The van der Waals surface area contributed by atoms with Crippen molar-refractivity contribution in [1.82, 2.24) is 15.5 Å². The molecular weight excluding hydrogens is 158 g/mol. The first-order valence-electron chi connectivity index (χ1n) is 3.71. The normalized spacial score (nSPS) is 9.42. The smallest absolute Gasteiger partial charge is 0.407 e. The summed E-state index contributed by atoms with van der Waals surface area (Å²) < 4.78 is 4.66. The Balaban J connectivity index is 2.22. The molecule has 0 atom stereocenters. The summed E-state index contributed by atoms with van der Waals surface area (Å²) >= 11 is 0. The summed E-state index contributed by atoms with van der Waals surface area (Å²) in [5.41, 5.74) is 0.919. The number of ether oxygens (including phenoxy) is 1. The van der Waals surface area contributed by atoms with Gasteiger partial charge in [-0.3, -0.25) is 5.10 Å². The number of nitrogens with one attached hydrogen (secondary N) is 2. The Morgan fingerprint density at radius 3 is 3.25 bits per heavy atom. The Bertz CT molecular complexity index is 233. The third-order valence-corrected chi connectivity index (χ3v) is 1.27. The zero-order chi connectivity index (χ0) is 8.81. The molecule has 12 heavy (non-hydrogen) atoms. The van der Waals surface area contributed by atoms with Gasteiger partial charge in [0.25, 0.3) is 0 Å². The monoisotopic (exact) mass is 169 g/mol. The zero-order valence-electron chi connectivity index (χ0n) is 6.83. The summed E-state index contributed by atoms with van der Waals surface area (Å²) in [5.74, 6) is 0. The van der Waals surface area contributed by atoms with Crippen LogP contribution in [0.1, 0.15) is 12.5 Å². The minimum atomic E-state index is -0.404. The molecule has 0 unspecified atom stereocenters. The van der Waals surface area contributed by atoms with Crippen molar-refractivity contribution >= 4 is 6.09 Å². The third-order valence-electron chi connectivity index (χ3n) is 1.27. The van der Waals surface area contributed by atoms with Crippen molar-refractivity contribution in [2.45, 2.75) is 13.5 Å². The number of H-pyrrole nitrogens is 1. The molecule has 0 aromatic carbocycles. The maximum atomic E-state index is 10.8. The molecule has 1 heterocycles. The molecule has 5 nitrogen and oxygen atoms in total. The van der Waals surface area contributed by atoms with Crippen molar-refractivity contribution in [3.63, 3.8) is 0 Å². The number of amides is 1. The average molecular weight is 169 g/mol. The molecule has 1 amide bonds. The van der Waals surface area contributed by atoms with E-state index in [1.807, 2.05) is 0 Å². The predicted molar refractivity (Wildman–Crippen MR) is 42.4 cm³/mol. The van der Waals surface area contributed by atoms with Crippen molar-refractivity contribution in [2.75, 3.05) is 6.61 Å². The fourth-order valence-electron chi connectivity index (χ4n) is 0.731. The second kappa shape index (κ2) is 4.38.